The average molecular weight is 379 g/mol. The van der Waals surface area contributed by atoms with Crippen LogP contribution in [-0.4, -0.2) is 37.4 Å². The number of nitrogens with zero attached hydrogens (tertiary/aromatic N) is 1. The average Bonchev–Trinajstić information content (AvgIpc) is 3.12. The summed E-state index contributed by atoms with van der Waals surface area (Å²) < 4.78 is 45.5. The molecule has 0 aromatic heterocycles. The number of ether oxygens (including phenoxy) is 2. The van der Waals surface area contributed by atoms with Gasteiger partial charge in [-0.15, -0.1) is 13.2 Å². The lowest BCUT2D eigenvalue weighted by Gasteiger charge is -2.17. The number of hydrogen-bond acceptors (Lipinski definition) is 3. The summed E-state index contributed by atoms with van der Waals surface area (Å²) in [6.07, 6.45) is -3.68. The number of amides is 1. The van der Waals surface area contributed by atoms with Crippen LogP contribution in [0.4, 0.5) is 13.2 Å². The van der Waals surface area contributed by atoms with Gasteiger partial charge in [-0.2, -0.15) is 0 Å². The zero-order valence-electron chi connectivity index (χ0n) is 14.8. The lowest BCUT2D eigenvalue weighted by atomic mass is 9.98. The van der Waals surface area contributed by atoms with Gasteiger partial charge in [0.05, 0.1) is 13.5 Å². The minimum Gasteiger partial charge on any atom is -0.497 e. The first-order valence-electron chi connectivity index (χ1n) is 8.60. The second-order valence-corrected chi connectivity index (χ2v) is 6.47. The summed E-state index contributed by atoms with van der Waals surface area (Å²) >= 11 is 0. The minimum atomic E-state index is -4.72. The molecule has 1 aliphatic rings. The molecule has 0 N–H and O–H groups in total. The van der Waals surface area contributed by atoms with Crippen molar-refractivity contribution >= 4 is 5.91 Å². The van der Waals surface area contributed by atoms with Crippen molar-refractivity contribution in [3.8, 4) is 11.5 Å². The number of carbonyl (C=O) groups is 1. The molecule has 0 radical (unpaired) electrons. The zero-order valence-corrected chi connectivity index (χ0v) is 14.8. The summed E-state index contributed by atoms with van der Waals surface area (Å²) in [6.45, 7) is 1.31. The van der Waals surface area contributed by atoms with Crippen LogP contribution in [0.3, 0.4) is 0 Å². The third-order valence-electron chi connectivity index (χ3n) is 4.64. The van der Waals surface area contributed by atoms with Crippen molar-refractivity contribution in [3.63, 3.8) is 0 Å². The third-order valence-corrected chi connectivity index (χ3v) is 4.64. The van der Waals surface area contributed by atoms with Gasteiger partial charge in [-0.05, 0) is 41.8 Å². The number of halogens is 3. The highest BCUT2D eigenvalue weighted by Gasteiger charge is 2.31. The standard InChI is InChI=1S/C20H20F3NO3/c1-26-17-8-4-15(5-9-17)16-10-11-24(13-16)19(25)12-14-2-6-18(7-3-14)27-20(21,22)23/h2-9,16H,10-13H2,1H3. The van der Waals surface area contributed by atoms with Crippen LogP contribution >= 0.6 is 0 Å². The van der Waals surface area contributed by atoms with Gasteiger partial charge >= 0.3 is 6.36 Å². The lowest BCUT2D eigenvalue weighted by molar-refractivity contribution is -0.274. The molecule has 1 saturated heterocycles. The van der Waals surface area contributed by atoms with Gasteiger partial charge in [0.2, 0.25) is 5.91 Å². The van der Waals surface area contributed by atoms with E-state index in [1.54, 1.807) is 12.0 Å². The SMILES string of the molecule is COc1ccc(C2CCN(C(=O)Cc3ccc(OC(F)(F)F)cc3)C2)cc1. The number of alkyl halides is 3. The molecule has 0 bridgehead atoms. The number of rotatable bonds is 5. The van der Waals surface area contributed by atoms with E-state index in [2.05, 4.69) is 4.74 Å². The fraction of sp³-hybridized carbons (Fsp3) is 0.350. The number of methoxy groups -OCH3 is 1. The fourth-order valence-electron chi connectivity index (χ4n) is 3.23. The Morgan fingerprint density at radius 3 is 2.30 bits per heavy atom. The molecule has 1 fully saturated rings. The molecule has 0 spiro atoms. The maximum atomic E-state index is 12.5. The van der Waals surface area contributed by atoms with Gasteiger partial charge in [-0.3, -0.25) is 4.79 Å². The molecule has 4 nitrogen and oxygen atoms in total. The van der Waals surface area contributed by atoms with Crippen LogP contribution in [0.5, 0.6) is 11.5 Å². The Morgan fingerprint density at radius 2 is 1.70 bits per heavy atom. The first kappa shape index (κ1) is 19.1. The molecule has 1 aliphatic heterocycles. The van der Waals surface area contributed by atoms with Crippen LogP contribution in [0.15, 0.2) is 48.5 Å². The van der Waals surface area contributed by atoms with E-state index >= 15 is 0 Å². The predicted molar refractivity (Wildman–Crippen MR) is 93.8 cm³/mol. The van der Waals surface area contributed by atoms with Gasteiger partial charge in [0.15, 0.2) is 0 Å². The molecule has 0 aliphatic carbocycles. The number of hydrogen-bond donors (Lipinski definition) is 0. The highest BCUT2D eigenvalue weighted by Crippen LogP contribution is 2.29. The van der Waals surface area contributed by atoms with Crippen LogP contribution in [0.1, 0.15) is 23.5 Å². The van der Waals surface area contributed by atoms with E-state index in [0.717, 1.165) is 12.2 Å². The molecular weight excluding hydrogens is 359 g/mol. The molecule has 2 aromatic carbocycles. The monoisotopic (exact) mass is 379 g/mol. The first-order valence-corrected chi connectivity index (χ1v) is 8.60. The Morgan fingerprint density at radius 1 is 1.07 bits per heavy atom. The predicted octanol–water partition coefficient (Wildman–Crippen LogP) is 4.15. The van der Waals surface area contributed by atoms with Gasteiger partial charge in [0, 0.05) is 19.0 Å². The topological polar surface area (TPSA) is 38.8 Å². The van der Waals surface area contributed by atoms with Gasteiger partial charge < -0.3 is 14.4 Å². The second-order valence-electron chi connectivity index (χ2n) is 6.47. The van der Waals surface area contributed by atoms with Crippen molar-refractivity contribution in [1.29, 1.82) is 0 Å². The van der Waals surface area contributed by atoms with Crippen molar-refractivity contribution in [2.45, 2.75) is 25.1 Å². The van der Waals surface area contributed by atoms with E-state index < -0.39 is 6.36 Å². The highest BCUT2D eigenvalue weighted by molar-refractivity contribution is 5.79. The van der Waals surface area contributed by atoms with Crippen LogP contribution < -0.4 is 9.47 Å². The van der Waals surface area contributed by atoms with Crippen LogP contribution in [-0.2, 0) is 11.2 Å². The van der Waals surface area contributed by atoms with E-state index in [1.807, 2.05) is 24.3 Å². The maximum absolute atomic E-state index is 12.5. The number of likely N-dealkylation sites (tertiary alicyclic amines) is 1. The summed E-state index contributed by atoms with van der Waals surface area (Å²) in [4.78, 5) is 14.3. The molecule has 7 heteroatoms. The van der Waals surface area contributed by atoms with Crippen molar-refractivity contribution in [2.75, 3.05) is 20.2 Å². The highest BCUT2D eigenvalue weighted by atomic mass is 19.4. The Balaban J connectivity index is 1.55. The lowest BCUT2D eigenvalue weighted by Crippen LogP contribution is -2.29. The van der Waals surface area contributed by atoms with Gasteiger partial charge in [-0.1, -0.05) is 24.3 Å². The summed E-state index contributed by atoms with van der Waals surface area (Å²) in [5, 5.41) is 0. The van der Waals surface area contributed by atoms with Gasteiger partial charge in [-0.25, -0.2) is 0 Å². The largest absolute Gasteiger partial charge is 0.573 e. The molecule has 1 heterocycles. The zero-order chi connectivity index (χ0) is 19.4. The molecule has 3 rings (SSSR count). The maximum Gasteiger partial charge on any atom is 0.573 e. The molecular formula is C20H20F3NO3. The normalized spacial score (nSPS) is 17.0. The Labute approximate surface area is 155 Å². The van der Waals surface area contributed by atoms with Crippen molar-refractivity contribution < 1.29 is 27.4 Å². The van der Waals surface area contributed by atoms with Crippen molar-refractivity contribution in [2.24, 2.45) is 0 Å². The quantitative estimate of drug-likeness (QED) is 0.783. The van der Waals surface area contributed by atoms with Crippen LogP contribution in [0.2, 0.25) is 0 Å². The minimum absolute atomic E-state index is 0.0319. The molecule has 1 amide bonds. The number of benzene rings is 2. The van der Waals surface area contributed by atoms with Gasteiger partial charge in [0.1, 0.15) is 11.5 Å². The molecule has 1 unspecified atom stereocenters. The van der Waals surface area contributed by atoms with E-state index in [-0.39, 0.29) is 24.0 Å². The van der Waals surface area contributed by atoms with Crippen molar-refractivity contribution in [1.82, 2.24) is 4.90 Å². The molecule has 144 valence electrons. The molecule has 2 aromatic rings. The van der Waals surface area contributed by atoms with Crippen LogP contribution in [0, 0.1) is 0 Å². The second kappa shape index (κ2) is 7.90. The van der Waals surface area contributed by atoms with E-state index in [9.17, 15) is 18.0 Å². The molecule has 27 heavy (non-hydrogen) atoms. The summed E-state index contributed by atoms with van der Waals surface area (Å²) in [5.74, 6) is 0.750. The summed E-state index contributed by atoms with van der Waals surface area (Å²) in [6, 6.07) is 13.2. The van der Waals surface area contributed by atoms with E-state index in [4.69, 9.17) is 4.74 Å². The molecule has 0 saturated carbocycles. The summed E-state index contributed by atoms with van der Waals surface area (Å²) in [5.41, 5.74) is 1.82. The first-order chi connectivity index (χ1) is 12.8. The number of carbonyl (C=O) groups excluding carboxylic acids is 1. The van der Waals surface area contributed by atoms with Crippen molar-refractivity contribution in [3.05, 3.63) is 59.7 Å². The molecule has 1 atom stereocenters. The van der Waals surface area contributed by atoms with E-state index in [0.29, 0.717) is 18.7 Å². The third kappa shape index (κ3) is 5.15. The Hall–Kier alpha value is -2.70. The fourth-order valence-corrected chi connectivity index (χ4v) is 3.23. The smallest absolute Gasteiger partial charge is 0.497 e. The van der Waals surface area contributed by atoms with Gasteiger partial charge in [0.25, 0.3) is 0 Å². The Bertz CT molecular complexity index is 773. The summed E-state index contributed by atoms with van der Waals surface area (Å²) in [7, 11) is 1.62. The van der Waals surface area contributed by atoms with E-state index in [1.165, 1.54) is 29.8 Å². The van der Waals surface area contributed by atoms with Crippen LogP contribution in [0.25, 0.3) is 0 Å². The Kier molecular flexibility index (Phi) is 5.58.